The van der Waals surface area contributed by atoms with Gasteiger partial charge in [-0.2, -0.15) is 4.79 Å². The summed E-state index contributed by atoms with van der Waals surface area (Å²) < 4.78 is 8.27. The third kappa shape index (κ3) is 4.95. The second-order valence-corrected chi connectivity index (χ2v) is 4.18. The maximum Gasteiger partial charge on any atom is 0.560 e. The normalized spacial score (nSPS) is 9.50. The Morgan fingerprint density at radius 1 is 0.542 bits per heavy atom. The summed E-state index contributed by atoms with van der Waals surface area (Å²) in [5, 5.41) is 0. The van der Waals surface area contributed by atoms with Gasteiger partial charge < -0.3 is 9.47 Å². The number of rotatable bonds is 2. The molecule has 0 bridgehead atoms. The molecule has 0 heterocycles. The zero-order valence-corrected chi connectivity index (χ0v) is 12.0. The molecule has 2 aromatic carbocycles. The second-order valence-electron chi connectivity index (χ2n) is 4.18. The highest BCUT2D eigenvalue weighted by Gasteiger charge is 2.20. The van der Waals surface area contributed by atoms with Crippen molar-refractivity contribution in [3.8, 4) is 0 Å². The molecule has 122 valence electrons. The van der Waals surface area contributed by atoms with Gasteiger partial charge in [-0.15, -0.1) is 0 Å². The van der Waals surface area contributed by atoms with E-state index in [1.165, 1.54) is 24.3 Å². The SMILES string of the molecule is O=C(OOC(=O)c1ccccc1)OC(=O)OC(=O)c1ccccc1. The van der Waals surface area contributed by atoms with Gasteiger partial charge in [0.15, 0.2) is 0 Å². The van der Waals surface area contributed by atoms with E-state index in [0.29, 0.717) is 0 Å². The number of carbonyl (C=O) groups is 4. The van der Waals surface area contributed by atoms with Crippen LogP contribution < -0.4 is 0 Å². The molecule has 8 heteroatoms. The summed E-state index contributed by atoms with van der Waals surface area (Å²) in [6.45, 7) is 0. The largest absolute Gasteiger partial charge is 0.560 e. The van der Waals surface area contributed by atoms with Crippen molar-refractivity contribution in [2.24, 2.45) is 0 Å². The lowest BCUT2D eigenvalue weighted by Gasteiger charge is -2.04. The molecule has 0 unspecified atom stereocenters. The summed E-state index contributed by atoms with van der Waals surface area (Å²) in [5.74, 6) is -1.99. The highest BCUT2D eigenvalue weighted by Crippen LogP contribution is 2.04. The maximum atomic E-state index is 11.5. The molecule has 0 saturated carbocycles. The molecular weight excluding hydrogens is 320 g/mol. The molecule has 0 amide bonds. The highest BCUT2D eigenvalue weighted by atomic mass is 17.2. The first kappa shape index (κ1) is 16.7. The molecule has 0 aliphatic carbocycles. The summed E-state index contributed by atoms with van der Waals surface area (Å²) in [7, 11) is 0. The summed E-state index contributed by atoms with van der Waals surface area (Å²) in [6.07, 6.45) is -3.28. The molecule has 0 saturated heterocycles. The Hall–Kier alpha value is -3.68. The minimum absolute atomic E-state index is 0.0818. The van der Waals surface area contributed by atoms with E-state index in [9.17, 15) is 19.2 Å². The zero-order valence-electron chi connectivity index (χ0n) is 12.0. The van der Waals surface area contributed by atoms with Crippen LogP contribution in [0.15, 0.2) is 60.7 Å². The van der Waals surface area contributed by atoms with Gasteiger partial charge in [-0.05, 0) is 24.3 Å². The van der Waals surface area contributed by atoms with E-state index < -0.39 is 24.2 Å². The average Bonchev–Trinajstić information content (AvgIpc) is 2.61. The molecule has 8 nitrogen and oxygen atoms in total. The van der Waals surface area contributed by atoms with Crippen molar-refractivity contribution in [2.75, 3.05) is 0 Å². The highest BCUT2D eigenvalue weighted by molar-refractivity contribution is 5.96. The summed E-state index contributed by atoms with van der Waals surface area (Å²) in [6, 6.07) is 15.2. The van der Waals surface area contributed by atoms with E-state index >= 15 is 0 Å². The van der Waals surface area contributed by atoms with Crippen molar-refractivity contribution in [3.63, 3.8) is 0 Å². The van der Waals surface area contributed by atoms with Crippen LogP contribution in [0.25, 0.3) is 0 Å². The molecule has 0 fully saturated rings. The maximum absolute atomic E-state index is 11.5. The first-order chi connectivity index (χ1) is 11.6. The van der Waals surface area contributed by atoms with Gasteiger partial charge in [0.2, 0.25) is 0 Å². The third-order valence-electron chi connectivity index (χ3n) is 2.55. The smallest absolute Gasteiger partial charge is 0.356 e. The Kier molecular flexibility index (Phi) is 5.62. The fourth-order valence-electron chi connectivity index (χ4n) is 1.51. The minimum Gasteiger partial charge on any atom is -0.356 e. The van der Waals surface area contributed by atoms with Gasteiger partial charge >= 0.3 is 24.2 Å². The Morgan fingerprint density at radius 3 is 1.58 bits per heavy atom. The van der Waals surface area contributed by atoms with Crippen molar-refractivity contribution in [1.29, 1.82) is 0 Å². The Morgan fingerprint density at radius 2 is 1.04 bits per heavy atom. The van der Waals surface area contributed by atoms with E-state index in [2.05, 4.69) is 19.2 Å². The quantitative estimate of drug-likeness (QED) is 0.358. The van der Waals surface area contributed by atoms with Crippen LogP contribution in [0, 0.1) is 0 Å². The number of benzene rings is 2. The van der Waals surface area contributed by atoms with Crippen LogP contribution >= 0.6 is 0 Å². The Balaban J connectivity index is 1.77. The van der Waals surface area contributed by atoms with Gasteiger partial charge in [-0.3, -0.25) is 0 Å². The van der Waals surface area contributed by atoms with Gasteiger partial charge in [0, 0.05) is 0 Å². The van der Waals surface area contributed by atoms with E-state index in [0.717, 1.165) is 0 Å². The molecule has 0 aliphatic rings. The first-order valence-electron chi connectivity index (χ1n) is 6.53. The van der Waals surface area contributed by atoms with Gasteiger partial charge in [0.1, 0.15) is 0 Å². The van der Waals surface area contributed by atoms with Crippen LogP contribution in [0.2, 0.25) is 0 Å². The monoisotopic (exact) mass is 330 g/mol. The van der Waals surface area contributed by atoms with Crippen molar-refractivity contribution in [2.45, 2.75) is 0 Å². The molecule has 0 aliphatic heterocycles. The van der Waals surface area contributed by atoms with E-state index in [1.54, 1.807) is 36.4 Å². The van der Waals surface area contributed by atoms with Crippen molar-refractivity contribution in [1.82, 2.24) is 0 Å². The molecule has 2 aromatic rings. The molecule has 0 N–H and O–H groups in total. The molecular formula is C16H10O8. The average molecular weight is 330 g/mol. The second kappa shape index (κ2) is 8.08. The number of hydrogen-bond acceptors (Lipinski definition) is 8. The molecule has 0 aromatic heterocycles. The topological polar surface area (TPSA) is 105 Å². The lowest BCUT2D eigenvalue weighted by molar-refractivity contribution is -0.199. The van der Waals surface area contributed by atoms with Crippen LogP contribution in [0.5, 0.6) is 0 Å². The predicted molar refractivity (Wildman–Crippen MR) is 76.7 cm³/mol. The lowest BCUT2D eigenvalue weighted by Crippen LogP contribution is -2.20. The Bertz CT molecular complexity index is 739. The van der Waals surface area contributed by atoms with Crippen LogP contribution in [0.3, 0.4) is 0 Å². The van der Waals surface area contributed by atoms with Crippen molar-refractivity contribution >= 4 is 24.2 Å². The van der Waals surface area contributed by atoms with E-state index in [1.807, 2.05) is 0 Å². The van der Waals surface area contributed by atoms with Crippen LogP contribution in [-0.2, 0) is 19.2 Å². The van der Waals surface area contributed by atoms with Crippen LogP contribution in [-0.4, -0.2) is 24.2 Å². The molecule has 0 radical (unpaired) electrons. The fourth-order valence-corrected chi connectivity index (χ4v) is 1.51. The Labute approximate surface area is 135 Å². The number of ether oxygens (including phenoxy) is 2. The van der Waals surface area contributed by atoms with Crippen LogP contribution in [0.1, 0.15) is 20.7 Å². The molecule has 0 atom stereocenters. The number of hydrogen-bond donors (Lipinski definition) is 0. The van der Waals surface area contributed by atoms with Crippen molar-refractivity contribution < 1.29 is 38.4 Å². The van der Waals surface area contributed by atoms with Gasteiger partial charge in [-0.25, -0.2) is 24.2 Å². The summed E-state index contributed by atoms with van der Waals surface area (Å²) >= 11 is 0. The van der Waals surface area contributed by atoms with E-state index in [-0.39, 0.29) is 11.1 Å². The van der Waals surface area contributed by atoms with Gasteiger partial charge in [-0.1, -0.05) is 36.4 Å². The standard InChI is InChI=1S/C16H10O8/c17-13(11-7-3-1-4-8-11)21-15(19)22-16(20)24-23-14(18)12-9-5-2-6-10-12/h1-10H. The van der Waals surface area contributed by atoms with Crippen molar-refractivity contribution in [3.05, 3.63) is 71.8 Å². The fraction of sp³-hybridized carbons (Fsp3) is 0. The van der Waals surface area contributed by atoms with Crippen LogP contribution in [0.4, 0.5) is 9.59 Å². The minimum atomic E-state index is -1.66. The summed E-state index contributed by atoms with van der Waals surface area (Å²) in [5.41, 5.74) is 0.199. The van der Waals surface area contributed by atoms with E-state index in [4.69, 9.17) is 0 Å². The zero-order chi connectivity index (χ0) is 17.4. The third-order valence-corrected chi connectivity index (χ3v) is 2.55. The first-order valence-corrected chi connectivity index (χ1v) is 6.53. The lowest BCUT2D eigenvalue weighted by atomic mass is 10.2. The number of carbonyl (C=O) groups excluding carboxylic acids is 4. The molecule has 0 spiro atoms. The van der Waals surface area contributed by atoms with Gasteiger partial charge in [0.05, 0.1) is 11.1 Å². The molecule has 2 rings (SSSR count). The molecule has 24 heavy (non-hydrogen) atoms. The predicted octanol–water partition coefficient (Wildman–Crippen LogP) is 2.89. The summed E-state index contributed by atoms with van der Waals surface area (Å²) in [4.78, 5) is 53.6. The van der Waals surface area contributed by atoms with Gasteiger partial charge in [0.25, 0.3) is 0 Å². The number of esters is 1.